The van der Waals surface area contributed by atoms with Gasteiger partial charge in [-0.15, -0.1) is 0 Å². The lowest BCUT2D eigenvalue weighted by molar-refractivity contribution is -0.0764. The van der Waals surface area contributed by atoms with Crippen molar-refractivity contribution in [3.05, 3.63) is 36.3 Å². The SMILES string of the molecule is Cc1ccc(S(=O)(=O)N2CC(O)(C3CC3)C2)cc1-c1cnc2c(N)ncnn12. The second kappa shape index (κ2) is 5.72. The minimum absolute atomic E-state index is 0.155. The average Bonchev–Trinajstić information content (AvgIpc) is 3.40. The van der Waals surface area contributed by atoms with E-state index in [0.717, 1.165) is 18.4 Å². The lowest BCUT2D eigenvalue weighted by Crippen LogP contribution is -2.64. The van der Waals surface area contributed by atoms with Crippen LogP contribution in [0.3, 0.4) is 0 Å². The van der Waals surface area contributed by atoms with Crippen molar-refractivity contribution in [2.75, 3.05) is 18.8 Å². The molecule has 0 amide bonds. The van der Waals surface area contributed by atoms with Crippen LogP contribution < -0.4 is 5.73 Å². The summed E-state index contributed by atoms with van der Waals surface area (Å²) in [6.07, 6.45) is 4.88. The number of rotatable bonds is 4. The molecule has 3 heterocycles. The summed E-state index contributed by atoms with van der Waals surface area (Å²) < 4.78 is 29.0. The van der Waals surface area contributed by atoms with Crippen LogP contribution in [0.25, 0.3) is 16.9 Å². The molecule has 1 aliphatic heterocycles. The summed E-state index contributed by atoms with van der Waals surface area (Å²) in [5.74, 6) is 0.485. The van der Waals surface area contributed by atoms with Crippen LogP contribution in [0.1, 0.15) is 18.4 Å². The van der Waals surface area contributed by atoms with Gasteiger partial charge in [-0.25, -0.2) is 22.9 Å². The van der Waals surface area contributed by atoms with Gasteiger partial charge in [0, 0.05) is 18.7 Å². The van der Waals surface area contributed by atoms with E-state index in [1.807, 2.05) is 6.92 Å². The quantitative estimate of drug-likeness (QED) is 0.664. The topological polar surface area (TPSA) is 127 Å². The van der Waals surface area contributed by atoms with E-state index >= 15 is 0 Å². The van der Waals surface area contributed by atoms with Crippen molar-refractivity contribution in [1.29, 1.82) is 0 Å². The standard InChI is InChI=1S/C18H20N6O3S/c1-11-2-5-13(28(26,27)23-8-18(25,9-23)12-3-4-12)6-14(11)15-7-20-17-16(19)21-10-22-24(15)17/h2,5-7,10,12,25H,3-4,8-9H2,1H3,(H2,19,21,22). The van der Waals surface area contributed by atoms with Gasteiger partial charge in [-0.3, -0.25) is 0 Å². The Labute approximate surface area is 161 Å². The Morgan fingerprint density at radius 1 is 1.25 bits per heavy atom. The van der Waals surface area contributed by atoms with Crippen LogP contribution in [-0.2, 0) is 10.0 Å². The Morgan fingerprint density at radius 3 is 2.71 bits per heavy atom. The number of benzene rings is 1. The highest BCUT2D eigenvalue weighted by Gasteiger charge is 2.55. The molecule has 0 bridgehead atoms. The number of hydrogen-bond acceptors (Lipinski definition) is 7. The fourth-order valence-corrected chi connectivity index (χ4v) is 5.41. The molecule has 1 saturated carbocycles. The predicted octanol–water partition coefficient (Wildman–Crippen LogP) is 0.827. The number of aryl methyl sites for hydroxylation is 1. The molecule has 1 aromatic carbocycles. The molecule has 0 atom stereocenters. The second-order valence-corrected chi connectivity index (χ2v) is 9.59. The molecule has 3 aromatic rings. The van der Waals surface area contributed by atoms with E-state index < -0.39 is 15.6 Å². The van der Waals surface area contributed by atoms with E-state index in [1.54, 1.807) is 28.9 Å². The van der Waals surface area contributed by atoms with E-state index in [4.69, 9.17) is 5.73 Å². The Bertz CT molecular complexity index is 1200. The zero-order chi connectivity index (χ0) is 19.7. The van der Waals surface area contributed by atoms with Crippen LogP contribution in [0.5, 0.6) is 0 Å². The Kier molecular flexibility index (Phi) is 3.58. The third-order valence-electron chi connectivity index (χ3n) is 5.69. The first-order valence-electron chi connectivity index (χ1n) is 9.07. The highest BCUT2D eigenvalue weighted by Crippen LogP contribution is 2.46. The number of nitrogen functional groups attached to an aromatic ring is 1. The number of aromatic nitrogens is 4. The zero-order valence-corrected chi connectivity index (χ0v) is 16.1. The first-order chi connectivity index (χ1) is 13.3. The van der Waals surface area contributed by atoms with Crippen molar-refractivity contribution in [2.45, 2.75) is 30.3 Å². The fraction of sp³-hybridized carbons (Fsp3) is 0.389. The molecule has 1 aliphatic carbocycles. The fourth-order valence-electron chi connectivity index (χ4n) is 3.82. The lowest BCUT2D eigenvalue weighted by atomic mass is 9.91. The highest BCUT2D eigenvalue weighted by atomic mass is 32.2. The van der Waals surface area contributed by atoms with Crippen LogP contribution in [-0.4, -0.2) is 56.1 Å². The Morgan fingerprint density at radius 2 is 2.00 bits per heavy atom. The summed E-state index contributed by atoms with van der Waals surface area (Å²) in [5, 5.41) is 14.7. The lowest BCUT2D eigenvalue weighted by Gasteiger charge is -2.45. The summed E-state index contributed by atoms with van der Waals surface area (Å²) in [4.78, 5) is 8.36. The van der Waals surface area contributed by atoms with Crippen LogP contribution >= 0.6 is 0 Å². The van der Waals surface area contributed by atoms with Crippen LogP contribution in [0.2, 0.25) is 0 Å². The summed E-state index contributed by atoms with van der Waals surface area (Å²) in [7, 11) is -3.68. The highest BCUT2D eigenvalue weighted by molar-refractivity contribution is 7.89. The molecular formula is C18H20N6O3S. The van der Waals surface area contributed by atoms with E-state index in [1.165, 1.54) is 10.6 Å². The predicted molar refractivity (Wildman–Crippen MR) is 102 cm³/mol. The summed E-state index contributed by atoms with van der Waals surface area (Å²) in [6.45, 7) is 2.20. The maximum atomic E-state index is 13.0. The summed E-state index contributed by atoms with van der Waals surface area (Å²) in [5.41, 5.74) is 7.62. The number of β-amino-alcohol motifs (C(OH)–C–C–N with tert-alkyl or cyclic N) is 1. The van der Waals surface area contributed by atoms with Gasteiger partial charge in [-0.05, 0) is 43.4 Å². The van der Waals surface area contributed by atoms with Crippen molar-refractivity contribution in [2.24, 2.45) is 5.92 Å². The number of aliphatic hydroxyl groups is 1. The van der Waals surface area contributed by atoms with Crippen molar-refractivity contribution in [3.63, 3.8) is 0 Å². The van der Waals surface area contributed by atoms with Crippen molar-refractivity contribution in [3.8, 4) is 11.3 Å². The smallest absolute Gasteiger partial charge is 0.243 e. The third-order valence-corrected chi connectivity index (χ3v) is 7.48. The van der Waals surface area contributed by atoms with Gasteiger partial charge in [0.1, 0.15) is 6.33 Å². The number of nitrogens with two attached hydrogens (primary N) is 1. The van der Waals surface area contributed by atoms with E-state index in [9.17, 15) is 13.5 Å². The molecule has 0 radical (unpaired) electrons. The van der Waals surface area contributed by atoms with Gasteiger partial charge in [0.15, 0.2) is 11.5 Å². The van der Waals surface area contributed by atoms with Crippen molar-refractivity contribution < 1.29 is 13.5 Å². The van der Waals surface area contributed by atoms with Crippen LogP contribution in [0.15, 0.2) is 35.6 Å². The van der Waals surface area contributed by atoms with Gasteiger partial charge in [0.25, 0.3) is 0 Å². The molecule has 5 rings (SSSR count). The van der Waals surface area contributed by atoms with Gasteiger partial charge >= 0.3 is 0 Å². The number of fused-ring (bicyclic) bond motifs is 1. The molecule has 9 nitrogen and oxygen atoms in total. The molecule has 0 spiro atoms. The van der Waals surface area contributed by atoms with Crippen LogP contribution in [0, 0.1) is 12.8 Å². The van der Waals surface area contributed by atoms with Gasteiger partial charge in [-0.2, -0.15) is 9.40 Å². The monoisotopic (exact) mass is 400 g/mol. The normalized spacial score (nSPS) is 19.6. The number of imidazole rings is 1. The molecule has 146 valence electrons. The largest absolute Gasteiger partial charge is 0.387 e. The van der Waals surface area contributed by atoms with Gasteiger partial charge in [0.2, 0.25) is 10.0 Å². The van der Waals surface area contributed by atoms with Crippen LogP contribution in [0.4, 0.5) is 5.82 Å². The number of anilines is 1. The molecule has 28 heavy (non-hydrogen) atoms. The van der Waals surface area contributed by atoms with Gasteiger partial charge in [-0.1, -0.05) is 6.07 Å². The molecular weight excluding hydrogens is 380 g/mol. The van der Waals surface area contributed by atoms with E-state index in [0.29, 0.717) is 16.9 Å². The van der Waals surface area contributed by atoms with Crippen molar-refractivity contribution >= 4 is 21.5 Å². The van der Waals surface area contributed by atoms with E-state index in [-0.39, 0.29) is 29.7 Å². The van der Waals surface area contributed by atoms with Crippen molar-refractivity contribution in [1.82, 2.24) is 23.9 Å². The van der Waals surface area contributed by atoms with E-state index in [2.05, 4.69) is 15.1 Å². The average molecular weight is 400 g/mol. The first kappa shape index (κ1) is 17.5. The molecule has 1 saturated heterocycles. The molecule has 2 fully saturated rings. The molecule has 10 heteroatoms. The van der Waals surface area contributed by atoms with Gasteiger partial charge in [0.05, 0.1) is 22.4 Å². The second-order valence-electron chi connectivity index (χ2n) is 7.65. The zero-order valence-electron chi connectivity index (χ0n) is 15.3. The first-order valence-corrected chi connectivity index (χ1v) is 10.5. The maximum absolute atomic E-state index is 13.0. The Hall–Kier alpha value is -2.56. The molecule has 0 unspecified atom stereocenters. The third kappa shape index (κ3) is 2.52. The number of sulfonamides is 1. The van der Waals surface area contributed by atoms with Gasteiger partial charge < -0.3 is 10.8 Å². The minimum atomic E-state index is -3.68. The Balaban J connectivity index is 1.53. The summed E-state index contributed by atoms with van der Waals surface area (Å²) >= 11 is 0. The number of hydrogen-bond donors (Lipinski definition) is 2. The molecule has 3 N–H and O–H groups in total. The minimum Gasteiger partial charge on any atom is -0.387 e. The number of nitrogens with zero attached hydrogens (tertiary/aromatic N) is 5. The molecule has 2 aromatic heterocycles. The molecule has 2 aliphatic rings. The summed E-state index contributed by atoms with van der Waals surface area (Å²) in [6, 6.07) is 4.98. The maximum Gasteiger partial charge on any atom is 0.243 e.